The second-order valence-corrected chi connectivity index (χ2v) is 7.65. The maximum absolute atomic E-state index is 14.6. The lowest BCUT2D eigenvalue weighted by Crippen LogP contribution is -2.35. The predicted molar refractivity (Wildman–Crippen MR) is 120 cm³/mol. The third-order valence-corrected chi connectivity index (χ3v) is 5.51. The minimum Gasteiger partial charge on any atom is -0.466 e. The molecule has 1 aliphatic heterocycles. The van der Waals surface area contributed by atoms with E-state index in [0.29, 0.717) is 24.1 Å². The number of hydrogen-bond donors (Lipinski definition) is 1. The van der Waals surface area contributed by atoms with Crippen molar-refractivity contribution in [2.45, 2.75) is 18.9 Å². The third kappa shape index (κ3) is 4.90. The monoisotopic (exact) mass is 468 g/mol. The Morgan fingerprint density at radius 1 is 1.12 bits per heavy atom. The number of amidine groups is 1. The molecule has 0 amide bonds. The number of carbonyl (C=O) groups excluding carboxylic acids is 1. The van der Waals surface area contributed by atoms with Crippen LogP contribution >= 0.6 is 11.6 Å². The third-order valence-electron chi connectivity index (χ3n) is 5.18. The van der Waals surface area contributed by atoms with Gasteiger partial charge in [-0.05, 0) is 54.8 Å². The maximum Gasteiger partial charge on any atom is 0.338 e. The van der Waals surface area contributed by atoms with Crippen molar-refractivity contribution in [2.75, 3.05) is 7.11 Å². The Morgan fingerprint density at radius 3 is 2.61 bits per heavy atom. The van der Waals surface area contributed by atoms with E-state index in [-0.39, 0.29) is 22.1 Å². The summed E-state index contributed by atoms with van der Waals surface area (Å²) in [4.78, 5) is 25.5. The normalized spacial score (nSPS) is 15.6. The molecule has 9 heteroatoms. The van der Waals surface area contributed by atoms with E-state index in [9.17, 15) is 13.6 Å². The number of halogens is 3. The van der Waals surface area contributed by atoms with Crippen LogP contribution in [0.25, 0.3) is 0 Å². The van der Waals surface area contributed by atoms with Crippen LogP contribution in [-0.4, -0.2) is 28.9 Å². The number of rotatable bonds is 6. The van der Waals surface area contributed by atoms with Crippen LogP contribution in [0.4, 0.5) is 8.78 Å². The zero-order chi connectivity index (χ0) is 23.4. The van der Waals surface area contributed by atoms with Gasteiger partial charge < -0.3 is 10.1 Å². The molecule has 33 heavy (non-hydrogen) atoms. The highest BCUT2D eigenvalue weighted by atomic mass is 35.5. The van der Waals surface area contributed by atoms with Crippen LogP contribution in [0.5, 0.6) is 0 Å². The Kier molecular flexibility index (Phi) is 6.74. The Hall–Kier alpha value is -3.65. The summed E-state index contributed by atoms with van der Waals surface area (Å²) in [7, 11) is 1.26. The number of esters is 1. The maximum atomic E-state index is 14.6. The molecular weight excluding hydrogens is 450 g/mol. The van der Waals surface area contributed by atoms with Gasteiger partial charge in [0.2, 0.25) is 0 Å². The van der Waals surface area contributed by atoms with Gasteiger partial charge in [-0.2, -0.15) is 0 Å². The first-order valence-electron chi connectivity index (χ1n) is 10.1. The van der Waals surface area contributed by atoms with E-state index in [1.165, 1.54) is 37.6 Å². The average Bonchev–Trinajstić information content (AvgIpc) is 2.82. The molecule has 3 aromatic rings. The van der Waals surface area contributed by atoms with Gasteiger partial charge in [0.1, 0.15) is 17.6 Å². The summed E-state index contributed by atoms with van der Waals surface area (Å²) in [5, 5.41) is 3.15. The molecular formula is C24H19ClF2N4O2. The Morgan fingerprint density at radius 2 is 1.91 bits per heavy atom. The molecule has 4 rings (SSSR count). The first kappa shape index (κ1) is 22.5. The molecule has 1 atom stereocenters. The van der Waals surface area contributed by atoms with Gasteiger partial charge in [-0.15, -0.1) is 0 Å². The topological polar surface area (TPSA) is 76.5 Å². The van der Waals surface area contributed by atoms with Gasteiger partial charge in [-0.25, -0.2) is 18.6 Å². The van der Waals surface area contributed by atoms with Crippen LogP contribution in [0.2, 0.25) is 5.02 Å². The van der Waals surface area contributed by atoms with Crippen molar-refractivity contribution in [1.82, 2.24) is 15.3 Å². The van der Waals surface area contributed by atoms with Crippen LogP contribution in [0.1, 0.15) is 29.3 Å². The standard InChI is InChI=1S/C24H19ClF2N4O2/c1-33-24(32)20-19(7-4-14-8-11-28-12-9-14)30-23(22-18(27)3-2-10-29-22)31-21(20)16-6-5-15(26)13-17(16)25/h2-3,5-6,8-13,21H,4,7H2,1H3,(H,30,31). The van der Waals surface area contributed by atoms with Gasteiger partial charge in [0.15, 0.2) is 11.7 Å². The molecule has 0 aliphatic carbocycles. The first-order chi connectivity index (χ1) is 16.0. The largest absolute Gasteiger partial charge is 0.466 e. The molecule has 1 N–H and O–H groups in total. The van der Waals surface area contributed by atoms with Gasteiger partial charge in [0.05, 0.1) is 12.7 Å². The number of aliphatic imine (C=N–C) groups is 1. The SMILES string of the molecule is COC(=O)C1=C(CCc2ccncc2)NC(c2ncccc2F)=NC1c1ccc(F)cc1Cl. The minimum atomic E-state index is -0.948. The van der Waals surface area contributed by atoms with Crippen LogP contribution < -0.4 is 5.32 Å². The van der Waals surface area contributed by atoms with Gasteiger partial charge in [0, 0.05) is 34.9 Å². The Balaban J connectivity index is 1.84. The number of nitrogens with zero attached hydrogens (tertiary/aromatic N) is 3. The molecule has 168 valence electrons. The molecule has 0 spiro atoms. The van der Waals surface area contributed by atoms with Crippen molar-refractivity contribution in [2.24, 2.45) is 4.99 Å². The molecule has 0 saturated carbocycles. The van der Waals surface area contributed by atoms with Crippen molar-refractivity contribution in [3.05, 3.63) is 106 Å². The van der Waals surface area contributed by atoms with Crippen molar-refractivity contribution >= 4 is 23.4 Å². The van der Waals surface area contributed by atoms with E-state index >= 15 is 0 Å². The van der Waals surface area contributed by atoms with Gasteiger partial charge in [0.25, 0.3) is 0 Å². The summed E-state index contributed by atoms with van der Waals surface area (Å²) in [6, 6.07) is 9.33. The lowest BCUT2D eigenvalue weighted by atomic mass is 9.93. The highest BCUT2D eigenvalue weighted by Gasteiger charge is 2.34. The molecule has 6 nitrogen and oxygen atoms in total. The highest BCUT2D eigenvalue weighted by Crippen LogP contribution is 2.37. The first-order valence-corrected chi connectivity index (χ1v) is 10.5. The van der Waals surface area contributed by atoms with Gasteiger partial charge in [-0.1, -0.05) is 17.7 Å². The molecule has 0 saturated heterocycles. The Bertz CT molecular complexity index is 1250. The number of carbonyl (C=O) groups is 1. The predicted octanol–water partition coefficient (Wildman–Crippen LogP) is 4.56. The number of aryl methyl sites for hydroxylation is 1. The minimum absolute atomic E-state index is 0.00828. The summed E-state index contributed by atoms with van der Waals surface area (Å²) >= 11 is 6.32. The fraction of sp³-hybridized carbons (Fsp3) is 0.167. The van der Waals surface area contributed by atoms with Crippen molar-refractivity contribution in [1.29, 1.82) is 0 Å². The number of nitrogens with one attached hydrogen (secondary N) is 1. The molecule has 2 aromatic heterocycles. The molecule has 0 fully saturated rings. The molecule has 3 heterocycles. The highest BCUT2D eigenvalue weighted by molar-refractivity contribution is 6.31. The lowest BCUT2D eigenvalue weighted by molar-refractivity contribution is -0.136. The van der Waals surface area contributed by atoms with Crippen molar-refractivity contribution in [3.8, 4) is 0 Å². The van der Waals surface area contributed by atoms with E-state index in [1.807, 2.05) is 12.1 Å². The summed E-state index contributed by atoms with van der Waals surface area (Å²) in [5.74, 6) is -1.60. The van der Waals surface area contributed by atoms with E-state index < -0.39 is 23.6 Å². The zero-order valence-electron chi connectivity index (χ0n) is 17.6. The summed E-state index contributed by atoms with van der Waals surface area (Å²) in [6.45, 7) is 0. The van der Waals surface area contributed by atoms with E-state index in [0.717, 1.165) is 11.6 Å². The van der Waals surface area contributed by atoms with E-state index in [2.05, 4.69) is 20.3 Å². The molecule has 1 unspecified atom stereocenters. The zero-order valence-corrected chi connectivity index (χ0v) is 18.3. The number of aromatic nitrogens is 2. The molecule has 0 bridgehead atoms. The summed E-state index contributed by atoms with van der Waals surface area (Å²) in [6.07, 6.45) is 5.75. The Labute approximate surface area is 194 Å². The van der Waals surface area contributed by atoms with Crippen molar-refractivity contribution < 1.29 is 18.3 Å². The van der Waals surface area contributed by atoms with Crippen molar-refractivity contribution in [3.63, 3.8) is 0 Å². The van der Waals surface area contributed by atoms with E-state index in [1.54, 1.807) is 12.4 Å². The van der Waals surface area contributed by atoms with Crippen LogP contribution in [0, 0.1) is 11.6 Å². The molecule has 1 aromatic carbocycles. The molecule has 0 radical (unpaired) electrons. The fourth-order valence-electron chi connectivity index (χ4n) is 3.59. The average molecular weight is 469 g/mol. The number of ether oxygens (including phenoxy) is 1. The summed E-state index contributed by atoms with van der Waals surface area (Å²) < 4.78 is 33.3. The second kappa shape index (κ2) is 9.87. The van der Waals surface area contributed by atoms with Crippen LogP contribution in [0.3, 0.4) is 0 Å². The van der Waals surface area contributed by atoms with Crippen LogP contribution in [-0.2, 0) is 16.0 Å². The molecule has 1 aliphatic rings. The second-order valence-electron chi connectivity index (χ2n) is 7.24. The van der Waals surface area contributed by atoms with Gasteiger partial charge in [-0.3, -0.25) is 9.98 Å². The number of allylic oxidation sites excluding steroid dienone is 1. The number of hydrogen-bond acceptors (Lipinski definition) is 6. The summed E-state index contributed by atoms with van der Waals surface area (Å²) in [5.41, 5.74) is 2.06. The fourth-order valence-corrected chi connectivity index (χ4v) is 3.86. The van der Waals surface area contributed by atoms with Crippen LogP contribution in [0.15, 0.2) is 77.3 Å². The number of benzene rings is 1. The quantitative estimate of drug-likeness (QED) is 0.537. The smallest absolute Gasteiger partial charge is 0.338 e. The van der Waals surface area contributed by atoms with E-state index in [4.69, 9.17) is 16.3 Å². The number of pyridine rings is 2. The number of methoxy groups -OCH3 is 1. The van der Waals surface area contributed by atoms with Gasteiger partial charge >= 0.3 is 5.97 Å². The lowest BCUT2D eigenvalue weighted by Gasteiger charge is -2.28.